The molecule has 3 N–H and O–H groups in total. The third-order valence-corrected chi connectivity index (χ3v) is 9.58. The minimum absolute atomic E-state index is 0.150. The molecule has 2 aromatic heterocycles. The number of carbonyl (C=O) groups is 1. The number of carboxylic acid groups (broad SMARTS) is 1. The lowest BCUT2D eigenvalue weighted by atomic mass is 10.0. The first kappa shape index (κ1) is 33.7. The second-order valence-electron chi connectivity index (χ2n) is 11.5. The van der Waals surface area contributed by atoms with Gasteiger partial charge in [0, 0.05) is 47.9 Å². The monoisotopic (exact) mass is 706 g/mol. The Bertz CT molecular complexity index is 2150. The molecule has 0 aliphatic carbocycles. The molecular formula is C34H32ClFN6O6S. The van der Waals surface area contributed by atoms with Gasteiger partial charge in [-0.05, 0) is 61.7 Å². The van der Waals surface area contributed by atoms with Gasteiger partial charge in [-0.1, -0.05) is 35.9 Å². The van der Waals surface area contributed by atoms with E-state index < -0.39 is 27.7 Å². The zero-order chi connectivity index (χ0) is 34.7. The van der Waals surface area contributed by atoms with Crippen molar-refractivity contribution in [3.8, 4) is 28.6 Å². The van der Waals surface area contributed by atoms with Crippen LogP contribution in [0.3, 0.4) is 0 Å². The molecule has 1 fully saturated rings. The molecule has 3 aromatic carbocycles. The predicted octanol–water partition coefficient (Wildman–Crippen LogP) is 7.09. The number of anilines is 2. The van der Waals surface area contributed by atoms with Gasteiger partial charge in [-0.15, -0.1) is 0 Å². The van der Waals surface area contributed by atoms with Crippen LogP contribution in [-0.4, -0.2) is 65.7 Å². The standard InChI is InChI=1S/C34H32ClFN6O6S/c1-20-10-11-23-24(12-13-27(36)29(23)41-49(45,46)19-21-6-3-9-26(35)31(21)47-2)30(20)48-32-25(8-4-15-37-32)28-14-16-38-33(40-28)39-22-7-5-17-42(18-22)34(43)44/h3-4,6,8-16,22,41H,5,7,17-19H2,1-2H3,(H,43,44)(H,38,39,40). The van der Waals surface area contributed by atoms with Gasteiger partial charge >= 0.3 is 6.09 Å². The van der Waals surface area contributed by atoms with Gasteiger partial charge in [0.1, 0.15) is 17.3 Å². The summed E-state index contributed by atoms with van der Waals surface area (Å²) < 4.78 is 56.1. The Balaban J connectivity index is 1.30. The topological polar surface area (TPSA) is 156 Å². The maximum Gasteiger partial charge on any atom is 0.407 e. The van der Waals surface area contributed by atoms with Crippen LogP contribution in [0.5, 0.6) is 17.4 Å². The highest BCUT2D eigenvalue weighted by molar-refractivity contribution is 7.92. The van der Waals surface area contributed by atoms with Gasteiger partial charge in [0.15, 0.2) is 0 Å². The number of likely N-dealkylation sites (tertiary alicyclic amines) is 1. The van der Waals surface area contributed by atoms with Crippen LogP contribution in [0.4, 0.5) is 20.8 Å². The molecule has 1 aliphatic rings. The fourth-order valence-electron chi connectivity index (χ4n) is 5.79. The molecule has 6 rings (SSSR count). The number of methoxy groups -OCH3 is 1. The third kappa shape index (κ3) is 7.44. The molecule has 0 saturated carbocycles. The summed E-state index contributed by atoms with van der Waals surface area (Å²) in [4.78, 5) is 26.3. The number of piperidine rings is 1. The third-order valence-electron chi connectivity index (χ3n) is 8.08. The predicted molar refractivity (Wildman–Crippen MR) is 184 cm³/mol. The average molecular weight is 707 g/mol. The van der Waals surface area contributed by atoms with E-state index in [1.165, 1.54) is 24.1 Å². The minimum atomic E-state index is -4.13. The number of amides is 1. The first-order valence-corrected chi connectivity index (χ1v) is 17.3. The lowest BCUT2D eigenvalue weighted by Crippen LogP contribution is -2.44. The Kier molecular flexibility index (Phi) is 9.69. The van der Waals surface area contributed by atoms with Crippen LogP contribution in [0.15, 0.2) is 73.1 Å². The summed E-state index contributed by atoms with van der Waals surface area (Å²) in [6, 6.07) is 15.8. The van der Waals surface area contributed by atoms with Crippen molar-refractivity contribution in [2.45, 2.75) is 31.6 Å². The zero-order valence-corrected chi connectivity index (χ0v) is 28.1. The van der Waals surface area contributed by atoms with E-state index in [2.05, 4.69) is 25.0 Å². The first-order chi connectivity index (χ1) is 23.5. The molecule has 0 bridgehead atoms. The Labute approximate surface area is 286 Å². The lowest BCUT2D eigenvalue weighted by molar-refractivity contribution is 0.132. The maximum absolute atomic E-state index is 15.3. The number of aryl methyl sites for hydroxylation is 1. The average Bonchev–Trinajstić information content (AvgIpc) is 3.07. The van der Waals surface area contributed by atoms with Crippen molar-refractivity contribution in [3.05, 3.63) is 95.0 Å². The van der Waals surface area contributed by atoms with Gasteiger partial charge in [0.2, 0.25) is 21.9 Å². The SMILES string of the molecule is COc1c(Cl)cccc1CS(=O)(=O)Nc1c(F)ccc2c(Oc3ncccc3-c3ccnc(NC4CCCN(C(=O)O)C4)n3)c(C)ccc12. The normalized spacial score (nSPS) is 14.8. The van der Waals surface area contributed by atoms with Crippen LogP contribution in [0.25, 0.3) is 22.0 Å². The van der Waals surface area contributed by atoms with E-state index in [0.717, 1.165) is 12.8 Å². The summed E-state index contributed by atoms with van der Waals surface area (Å²) in [7, 11) is -2.74. The van der Waals surface area contributed by atoms with E-state index in [4.69, 9.17) is 21.1 Å². The van der Waals surface area contributed by atoms with Crippen molar-refractivity contribution in [2.75, 3.05) is 30.2 Å². The molecule has 15 heteroatoms. The fourth-order valence-corrected chi connectivity index (χ4v) is 7.28. The van der Waals surface area contributed by atoms with Crippen LogP contribution in [0.2, 0.25) is 5.02 Å². The summed E-state index contributed by atoms with van der Waals surface area (Å²) >= 11 is 6.18. The number of aromatic nitrogens is 3. The Morgan fingerprint density at radius 2 is 1.88 bits per heavy atom. The van der Waals surface area contributed by atoms with E-state index in [1.807, 2.05) is 6.92 Å². The molecule has 1 saturated heterocycles. The summed E-state index contributed by atoms with van der Waals surface area (Å²) in [6.07, 6.45) is 3.67. The number of benzene rings is 3. The number of halogens is 2. The molecule has 3 heterocycles. The van der Waals surface area contributed by atoms with E-state index in [1.54, 1.807) is 60.9 Å². The zero-order valence-electron chi connectivity index (χ0n) is 26.5. The Hall–Kier alpha value is -5.21. The van der Waals surface area contributed by atoms with Crippen molar-refractivity contribution in [2.24, 2.45) is 0 Å². The quantitative estimate of drug-likeness (QED) is 0.137. The first-order valence-electron chi connectivity index (χ1n) is 15.3. The lowest BCUT2D eigenvalue weighted by Gasteiger charge is -2.31. The molecule has 0 radical (unpaired) electrons. The fraction of sp³-hybridized carbons (Fsp3) is 0.235. The molecule has 5 aromatic rings. The van der Waals surface area contributed by atoms with Gasteiger partial charge in [0.05, 0.1) is 34.8 Å². The van der Waals surface area contributed by atoms with Gasteiger partial charge in [0.25, 0.3) is 0 Å². The Morgan fingerprint density at radius 3 is 2.67 bits per heavy atom. The van der Waals surface area contributed by atoms with Crippen molar-refractivity contribution in [3.63, 3.8) is 0 Å². The van der Waals surface area contributed by atoms with Gasteiger partial charge in [-0.2, -0.15) is 0 Å². The molecule has 1 amide bonds. The molecule has 254 valence electrons. The molecule has 0 spiro atoms. The molecular weight excluding hydrogens is 675 g/mol. The van der Waals surface area contributed by atoms with Gasteiger partial charge in [-0.3, -0.25) is 4.72 Å². The second-order valence-corrected chi connectivity index (χ2v) is 13.6. The molecule has 1 aliphatic heterocycles. The van der Waals surface area contributed by atoms with Crippen molar-refractivity contribution < 1.29 is 32.2 Å². The van der Waals surface area contributed by atoms with E-state index in [-0.39, 0.29) is 33.8 Å². The van der Waals surface area contributed by atoms with Crippen LogP contribution in [-0.2, 0) is 15.8 Å². The van der Waals surface area contributed by atoms with Crippen molar-refractivity contribution in [1.82, 2.24) is 19.9 Å². The van der Waals surface area contributed by atoms with Crippen molar-refractivity contribution in [1.29, 1.82) is 0 Å². The Morgan fingerprint density at radius 1 is 1.06 bits per heavy atom. The number of sulfonamides is 1. The highest BCUT2D eigenvalue weighted by Crippen LogP contribution is 2.40. The largest absolute Gasteiger partial charge is 0.495 e. The highest BCUT2D eigenvalue weighted by atomic mass is 35.5. The van der Waals surface area contributed by atoms with Gasteiger partial charge in [-0.25, -0.2) is 32.6 Å². The number of hydrogen-bond donors (Lipinski definition) is 3. The summed E-state index contributed by atoms with van der Waals surface area (Å²) in [5.74, 6) is -0.180. The second kappa shape index (κ2) is 14.1. The number of pyridine rings is 1. The summed E-state index contributed by atoms with van der Waals surface area (Å²) in [5.41, 5.74) is 1.81. The molecule has 49 heavy (non-hydrogen) atoms. The van der Waals surface area contributed by atoms with Crippen LogP contribution < -0.4 is 19.5 Å². The van der Waals surface area contributed by atoms with Crippen LogP contribution in [0, 0.1) is 12.7 Å². The van der Waals surface area contributed by atoms with Crippen molar-refractivity contribution >= 4 is 50.1 Å². The minimum Gasteiger partial charge on any atom is -0.495 e. The molecule has 1 unspecified atom stereocenters. The smallest absolute Gasteiger partial charge is 0.407 e. The van der Waals surface area contributed by atoms with E-state index in [0.29, 0.717) is 52.6 Å². The maximum atomic E-state index is 15.3. The van der Waals surface area contributed by atoms with E-state index >= 15 is 4.39 Å². The number of para-hydroxylation sites is 1. The molecule has 1 atom stereocenters. The van der Waals surface area contributed by atoms with E-state index in [9.17, 15) is 18.3 Å². The number of nitrogens with one attached hydrogen (secondary N) is 2. The number of nitrogens with zero attached hydrogens (tertiary/aromatic N) is 4. The number of rotatable bonds is 10. The van der Waals surface area contributed by atoms with Gasteiger partial charge < -0.3 is 24.8 Å². The number of ether oxygens (including phenoxy) is 2. The molecule has 12 nitrogen and oxygen atoms in total. The van der Waals surface area contributed by atoms with Crippen LogP contribution >= 0.6 is 11.6 Å². The summed E-state index contributed by atoms with van der Waals surface area (Å²) in [5, 5.41) is 13.6. The van der Waals surface area contributed by atoms with Crippen LogP contribution in [0.1, 0.15) is 24.0 Å². The number of hydrogen-bond acceptors (Lipinski definition) is 9. The summed E-state index contributed by atoms with van der Waals surface area (Å²) in [6.45, 7) is 2.61. The highest BCUT2D eigenvalue weighted by Gasteiger charge is 2.25. The number of fused-ring (bicyclic) bond motifs is 1.